The maximum absolute atomic E-state index is 13.0. The Morgan fingerprint density at radius 3 is 2.32 bits per heavy atom. The molecule has 2 N–H and O–H groups in total. The second-order valence-electron chi connectivity index (χ2n) is 6.11. The number of carbonyl (C=O) groups excluding carboxylic acids is 1. The number of hydrogen-bond acceptors (Lipinski definition) is 5. The highest BCUT2D eigenvalue weighted by atomic mass is 131. The van der Waals surface area contributed by atoms with Crippen LogP contribution in [0.3, 0.4) is 0 Å². The van der Waals surface area contributed by atoms with E-state index in [1.165, 1.54) is 24.3 Å². The zero-order valence-corrected chi connectivity index (χ0v) is 18.4. The van der Waals surface area contributed by atoms with Gasteiger partial charge >= 0.3 is 6.18 Å². The molecule has 12 heteroatoms. The van der Waals surface area contributed by atoms with Crippen molar-refractivity contribution in [1.29, 1.82) is 0 Å². The molecule has 0 bridgehead atoms. The molecule has 0 aliphatic rings. The lowest BCUT2D eigenvalue weighted by Gasteiger charge is -2.23. The monoisotopic (exact) mass is 555 g/mol. The zero-order valence-electron chi connectivity index (χ0n) is 16.2. The summed E-state index contributed by atoms with van der Waals surface area (Å²) >= 11 is 2.15. The summed E-state index contributed by atoms with van der Waals surface area (Å²) < 4.78 is 44.3. The van der Waals surface area contributed by atoms with Crippen LogP contribution in [0.2, 0.25) is 0 Å². The van der Waals surface area contributed by atoms with Gasteiger partial charge in [0.1, 0.15) is 17.9 Å². The molecule has 0 aliphatic heterocycles. The molecule has 0 heterocycles. The van der Waals surface area contributed by atoms with Gasteiger partial charge in [0.05, 0.1) is 11.5 Å². The quantitative estimate of drug-likeness (QED) is 0.172. The van der Waals surface area contributed by atoms with Crippen LogP contribution in [0.15, 0.2) is 42.5 Å². The van der Waals surface area contributed by atoms with E-state index in [0.29, 0.717) is 17.8 Å². The van der Waals surface area contributed by atoms with E-state index in [4.69, 9.17) is 11.3 Å². The van der Waals surface area contributed by atoms with Gasteiger partial charge in [-0.25, -0.2) is 4.85 Å². The Balaban J connectivity index is 0.00000233. The first-order valence-electron chi connectivity index (χ1n) is 8.31. The number of nitrogens with zero attached hydrogens (tertiary/aromatic N) is 2. The van der Waals surface area contributed by atoms with Crippen LogP contribution in [-0.4, -0.2) is 33.1 Å². The SMILES string of the molecule is C[131I].[C-]#[N+]c1ccc(OC[C@](C)(O)C(=O)Nc2ccc([N+](=O)[O-])c(C(F)(F)F)c2)cc1. The van der Waals surface area contributed by atoms with Gasteiger partial charge in [0.15, 0.2) is 11.3 Å². The van der Waals surface area contributed by atoms with Crippen LogP contribution < -0.4 is 10.1 Å². The molecule has 0 spiro atoms. The maximum atomic E-state index is 13.0. The third-order valence-electron chi connectivity index (χ3n) is 3.73. The summed E-state index contributed by atoms with van der Waals surface area (Å²) in [5.41, 5.74) is -4.84. The van der Waals surface area contributed by atoms with Gasteiger partial charge in [-0.2, -0.15) is 13.2 Å². The number of anilines is 1. The number of ether oxygens (including phenoxy) is 1. The lowest BCUT2D eigenvalue weighted by Crippen LogP contribution is -2.45. The fourth-order valence-corrected chi connectivity index (χ4v) is 2.17. The summed E-state index contributed by atoms with van der Waals surface area (Å²) in [5, 5.41) is 23.1. The molecule has 166 valence electrons. The maximum Gasteiger partial charge on any atom is 0.423 e. The predicted molar refractivity (Wildman–Crippen MR) is 115 cm³/mol. The minimum atomic E-state index is -5.01. The molecule has 0 unspecified atom stereocenters. The normalized spacial score (nSPS) is 12.5. The number of nitrogens with one attached hydrogen (secondary N) is 1. The Bertz CT molecular complexity index is 973. The zero-order chi connectivity index (χ0) is 23.8. The van der Waals surface area contributed by atoms with Crippen molar-refractivity contribution >= 4 is 45.6 Å². The molecule has 0 saturated heterocycles. The minimum Gasteiger partial charge on any atom is -0.490 e. The molecule has 2 aromatic rings. The molecule has 0 radical (unpaired) electrons. The van der Waals surface area contributed by atoms with E-state index in [-0.39, 0.29) is 11.4 Å². The standard InChI is InChI=1S/C18H14F3N3O5.CH3I/c1-17(26,10-29-13-6-3-11(22-2)4-7-13)16(25)23-12-5-8-15(24(27)28)14(9-12)18(19,20)21;1-2/h3-9,26H,10H2,1H3,(H,23,25);1H3/t17-;/m0./s1/i;2+4. The number of nitro benzene ring substituents is 1. The van der Waals surface area contributed by atoms with Gasteiger partial charge < -0.3 is 15.2 Å². The van der Waals surface area contributed by atoms with Crippen molar-refractivity contribution in [2.45, 2.75) is 18.7 Å². The number of alkyl halides is 4. The molecule has 0 aromatic heterocycles. The number of carbonyl (C=O) groups is 1. The van der Waals surface area contributed by atoms with E-state index >= 15 is 0 Å². The van der Waals surface area contributed by atoms with Crippen molar-refractivity contribution in [1.82, 2.24) is 0 Å². The van der Waals surface area contributed by atoms with Crippen molar-refractivity contribution in [2.75, 3.05) is 16.9 Å². The molecule has 31 heavy (non-hydrogen) atoms. The molecule has 1 atom stereocenters. The first-order chi connectivity index (χ1) is 14.4. The lowest BCUT2D eigenvalue weighted by molar-refractivity contribution is -0.388. The Kier molecular flexibility index (Phi) is 9.19. The van der Waals surface area contributed by atoms with Crippen molar-refractivity contribution < 1.29 is 32.7 Å². The highest BCUT2D eigenvalue weighted by Gasteiger charge is 2.39. The van der Waals surface area contributed by atoms with Gasteiger partial charge in [0, 0.05) is 11.8 Å². The number of nitro groups is 1. The van der Waals surface area contributed by atoms with E-state index in [9.17, 15) is 33.2 Å². The summed E-state index contributed by atoms with van der Waals surface area (Å²) in [4.78, 5) is 27.0. The third-order valence-corrected chi connectivity index (χ3v) is 3.73. The summed E-state index contributed by atoms with van der Waals surface area (Å²) in [6.07, 6.45) is -5.01. The molecule has 0 saturated carbocycles. The fourth-order valence-electron chi connectivity index (χ4n) is 2.17. The van der Waals surface area contributed by atoms with E-state index in [0.717, 1.165) is 13.0 Å². The first-order valence-corrected chi connectivity index (χ1v) is 10.5. The summed E-state index contributed by atoms with van der Waals surface area (Å²) in [6.45, 7) is 7.41. The average Bonchev–Trinajstić information content (AvgIpc) is 2.73. The number of aliphatic hydroxyl groups is 1. The van der Waals surface area contributed by atoms with Crippen LogP contribution >= 0.6 is 22.6 Å². The molecule has 0 aliphatic carbocycles. The predicted octanol–water partition coefficient (Wildman–Crippen LogP) is 4.98. The van der Waals surface area contributed by atoms with Gasteiger partial charge in [-0.3, -0.25) is 14.9 Å². The second kappa shape index (κ2) is 10.9. The van der Waals surface area contributed by atoms with Crippen LogP contribution in [0.1, 0.15) is 12.5 Å². The fraction of sp³-hybridized carbons (Fsp3) is 0.263. The van der Waals surface area contributed by atoms with Crippen LogP contribution in [0, 0.1) is 16.7 Å². The molecule has 2 rings (SSSR count). The molecule has 2 aromatic carbocycles. The van der Waals surface area contributed by atoms with Crippen LogP contribution in [0.25, 0.3) is 4.85 Å². The number of halogens is 4. The lowest BCUT2D eigenvalue weighted by atomic mass is 10.1. The Labute approximate surface area is 189 Å². The highest BCUT2D eigenvalue weighted by molar-refractivity contribution is 14.1. The molecule has 0 fully saturated rings. The number of rotatable bonds is 6. The molecule has 1 amide bonds. The smallest absolute Gasteiger partial charge is 0.423 e. The van der Waals surface area contributed by atoms with E-state index in [1.807, 2.05) is 4.93 Å². The number of hydrogen-bond donors (Lipinski definition) is 2. The largest absolute Gasteiger partial charge is 0.490 e. The summed E-state index contributed by atoms with van der Waals surface area (Å²) in [7, 11) is 0. The van der Waals surface area contributed by atoms with E-state index in [1.54, 1.807) is 0 Å². The Morgan fingerprint density at radius 2 is 1.84 bits per heavy atom. The van der Waals surface area contributed by atoms with Crippen LogP contribution in [0.5, 0.6) is 5.75 Å². The van der Waals surface area contributed by atoms with Crippen LogP contribution in [-0.2, 0) is 11.0 Å². The Morgan fingerprint density at radius 1 is 1.26 bits per heavy atom. The number of benzene rings is 2. The van der Waals surface area contributed by atoms with Gasteiger partial charge in [-0.1, -0.05) is 34.7 Å². The summed E-state index contributed by atoms with van der Waals surface area (Å²) in [6, 6.07) is 7.78. The van der Waals surface area contributed by atoms with Gasteiger partial charge in [-0.15, -0.1) is 0 Å². The Hall–Kier alpha value is -2.92. The molecule has 8 nitrogen and oxygen atoms in total. The van der Waals surface area contributed by atoms with Gasteiger partial charge in [-0.05, 0) is 36.1 Å². The topological polar surface area (TPSA) is 106 Å². The first kappa shape index (κ1) is 26.1. The summed E-state index contributed by atoms with van der Waals surface area (Å²) in [5.74, 6) is -0.808. The van der Waals surface area contributed by atoms with Crippen molar-refractivity contribution in [3.8, 4) is 5.75 Å². The number of amides is 1. The minimum absolute atomic E-state index is 0.264. The highest BCUT2D eigenvalue weighted by Crippen LogP contribution is 2.37. The van der Waals surface area contributed by atoms with Gasteiger partial charge in [0.25, 0.3) is 11.6 Å². The second-order valence-corrected chi connectivity index (χ2v) is 6.11. The molecular weight excluding hydrogens is 538 g/mol. The van der Waals surface area contributed by atoms with Crippen LogP contribution in [0.4, 0.5) is 30.2 Å². The van der Waals surface area contributed by atoms with Crippen molar-refractivity contribution in [3.05, 3.63) is 69.6 Å². The third kappa shape index (κ3) is 7.37. The van der Waals surface area contributed by atoms with Gasteiger partial charge in [0.2, 0.25) is 0 Å². The molecular formula is C19H17F3IN3O5. The van der Waals surface area contributed by atoms with Crippen molar-refractivity contribution in [2.24, 2.45) is 0 Å². The van der Waals surface area contributed by atoms with Crippen molar-refractivity contribution in [3.63, 3.8) is 0 Å². The van der Waals surface area contributed by atoms with E-state index < -0.39 is 40.5 Å². The average molecular weight is 555 g/mol. The van der Waals surface area contributed by atoms with E-state index in [2.05, 4.69) is 32.8 Å².